The standard InChI is InChI=1S/C11H16O2.C4H10O/c1-2-3-4-9-7-11(13)6-5-10(9)8-12;1-3-5-4-2/h5-7,12-13H,2-4,8H2,1H3;3-4H2,1-2H3. The summed E-state index contributed by atoms with van der Waals surface area (Å²) in [6.07, 6.45) is 3.15. The van der Waals surface area contributed by atoms with E-state index in [1.165, 1.54) is 0 Å². The predicted molar refractivity (Wildman–Crippen MR) is 74.8 cm³/mol. The fourth-order valence-electron chi connectivity index (χ4n) is 1.57. The van der Waals surface area contributed by atoms with Gasteiger partial charge in [0.15, 0.2) is 0 Å². The highest BCUT2D eigenvalue weighted by atomic mass is 16.5. The van der Waals surface area contributed by atoms with Crippen LogP contribution in [-0.2, 0) is 17.8 Å². The molecule has 18 heavy (non-hydrogen) atoms. The smallest absolute Gasteiger partial charge is 0.115 e. The third-order valence-electron chi connectivity index (χ3n) is 2.57. The van der Waals surface area contributed by atoms with Crippen LogP contribution in [0.15, 0.2) is 18.2 Å². The molecule has 0 aliphatic carbocycles. The van der Waals surface area contributed by atoms with Crippen molar-refractivity contribution in [1.29, 1.82) is 0 Å². The first-order chi connectivity index (χ1) is 8.69. The Balaban J connectivity index is 0.000000494. The highest BCUT2D eigenvalue weighted by Gasteiger charge is 2.01. The summed E-state index contributed by atoms with van der Waals surface area (Å²) in [5, 5.41) is 18.3. The van der Waals surface area contributed by atoms with Crippen molar-refractivity contribution in [3.8, 4) is 5.75 Å². The average Bonchev–Trinajstić information content (AvgIpc) is 2.38. The molecule has 1 aromatic rings. The van der Waals surface area contributed by atoms with E-state index >= 15 is 0 Å². The van der Waals surface area contributed by atoms with Gasteiger partial charge in [-0.2, -0.15) is 0 Å². The molecule has 0 fully saturated rings. The molecule has 0 radical (unpaired) electrons. The highest BCUT2D eigenvalue weighted by molar-refractivity contribution is 5.34. The first kappa shape index (κ1) is 16.9. The van der Waals surface area contributed by atoms with Crippen LogP contribution >= 0.6 is 0 Å². The molecule has 0 aliphatic rings. The van der Waals surface area contributed by atoms with Crippen molar-refractivity contribution in [3.05, 3.63) is 29.3 Å². The minimum Gasteiger partial charge on any atom is -0.508 e. The minimum absolute atomic E-state index is 0.0549. The summed E-state index contributed by atoms with van der Waals surface area (Å²) in [5.41, 5.74) is 1.98. The van der Waals surface area contributed by atoms with Gasteiger partial charge in [0.1, 0.15) is 5.75 Å². The molecule has 0 aromatic heterocycles. The third kappa shape index (κ3) is 7.30. The number of benzene rings is 1. The van der Waals surface area contributed by atoms with Gasteiger partial charge < -0.3 is 14.9 Å². The molecular weight excluding hydrogens is 228 g/mol. The lowest BCUT2D eigenvalue weighted by Gasteiger charge is -2.06. The van der Waals surface area contributed by atoms with Gasteiger partial charge in [0.2, 0.25) is 0 Å². The van der Waals surface area contributed by atoms with Crippen LogP contribution in [-0.4, -0.2) is 23.4 Å². The summed E-state index contributed by atoms with van der Waals surface area (Å²) in [6.45, 7) is 7.85. The van der Waals surface area contributed by atoms with Crippen molar-refractivity contribution in [3.63, 3.8) is 0 Å². The molecule has 3 heteroatoms. The predicted octanol–water partition coefficient (Wildman–Crippen LogP) is 3.27. The van der Waals surface area contributed by atoms with Gasteiger partial charge in [-0.3, -0.25) is 0 Å². The second-order valence-electron chi connectivity index (χ2n) is 4.00. The van der Waals surface area contributed by atoms with Crippen LogP contribution in [0.5, 0.6) is 5.75 Å². The van der Waals surface area contributed by atoms with Gasteiger partial charge in [-0.1, -0.05) is 19.4 Å². The number of phenolic OH excluding ortho intramolecular Hbond substituents is 1. The summed E-state index contributed by atoms with van der Waals surface area (Å²) in [6, 6.07) is 5.13. The molecule has 0 spiro atoms. The Bertz CT molecular complexity index is 309. The van der Waals surface area contributed by atoms with Gasteiger partial charge in [0, 0.05) is 13.2 Å². The van der Waals surface area contributed by atoms with E-state index in [0.29, 0.717) is 0 Å². The van der Waals surface area contributed by atoms with Gasteiger partial charge in [-0.25, -0.2) is 0 Å². The van der Waals surface area contributed by atoms with Crippen molar-refractivity contribution in [2.75, 3.05) is 13.2 Å². The van der Waals surface area contributed by atoms with Gasteiger partial charge in [-0.15, -0.1) is 0 Å². The Morgan fingerprint density at radius 3 is 2.17 bits per heavy atom. The van der Waals surface area contributed by atoms with E-state index in [0.717, 1.165) is 43.6 Å². The monoisotopic (exact) mass is 254 g/mol. The van der Waals surface area contributed by atoms with Crippen LogP contribution in [0.1, 0.15) is 44.7 Å². The zero-order valence-electron chi connectivity index (χ0n) is 11.8. The van der Waals surface area contributed by atoms with E-state index in [4.69, 9.17) is 9.84 Å². The second kappa shape index (κ2) is 11.1. The van der Waals surface area contributed by atoms with E-state index in [9.17, 15) is 5.11 Å². The molecule has 0 heterocycles. The lowest BCUT2D eigenvalue weighted by atomic mass is 10.0. The third-order valence-corrected chi connectivity index (χ3v) is 2.57. The summed E-state index contributed by atoms with van der Waals surface area (Å²) in [4.78, 5) is 0. The fourth-order valence-corrected chi connectivity index (χ4v) is 1.57. The Kier molecular flexibility index (Phi) is 10.4. The Morgan fingerprint density at radius 2 is 1.72 bits per heavy atom. The number of unbranched alkanes of at least 4 members (excludes halogenated alkanes) is 1. The van der Waals surface area contributed by atoms with E-state index in [2.05, 4.69) is 6.92 Å². The summed E-state index contributed by atoms with van der Waals surface area (Å²) < 4.78 is 4.83. The molecule has 0 saturated carbocycles. The van der Waals surface area contributed by atoms with Crippen molar-refractivity contribution in [2.45, 2.75) is 46.6 Å². The van der Waals surface area contributed by atoms with E-state index in [-0.39, 0.29) is 12.4 Å². The zero-order chi connectivity index (χ0) is 13.8. The number of aromatic hydroxyl groups is 1. The van der Waals surface area contributed by atoms with Gasteiger partial charge in [0.25, 0.3) is 0 Å². The van der Waals surface area contributed by atoms with Crippen LogP contribution in [0.3, 0.4) is 0 Å². The number of aryl methyl sites for hydroxylation is 1. The number of aliphatic hydroxyl groups excluding tert-OH is 1. The normalized spacial score (nSPS) is 9.78. The topological polar surface area (TPSA) is 49.7 Å². The lowest BCUT2D eigenvalue weighted by Crippen LogP contribution is -1.93. The molecule has 0 saturated heterocycles. The van der Waals surface area contributed by atoms with E-state index in [1.54, 1.807) is 18.2 Å². The number of phenols is 1. The summed E-state index contributed by atoms with van der Waals surface area (Å²) in [7, 11) is 0. The largest absolute Gasteiger partial charge is 0.508 e. The lowest BCUT2D eigenvalue weighted by molar-refractivity contribution is 0.162. The maximum absolute atomic E-state index is 9.25. The first-order valence-electron chi connectivity index (χ1n) is 6.68. The zero-order valence-corrected chi connectivity index (χ0v) is 11.8. The Morgan fingerprint density at radius 1 is 1.06 bits per heavy atom. The van der Waals surface area contributed by atoms with Gasteiger partial charge in [0.05, 0.1) is 6.61 Å². The number of rotatable bonds is 6. The molecule has 0 amide bonds. The molecule has 104 valence electrons. The number of ether oxygens (including phenoxy) is 1. The number of aliphatic hydroxyl groups is 1. The molecule has 0 aliphatic heterocycles. The van der Waals surface area contributed by atoms with Crippen LogP contribution in [0, 0.1) is 0 Å². The second-order valence-corrected chi connectivity index (χ2v) is 4.00. The molecule has 1 aromatic carbocycles. The molecular formula is C15H26O3. The first-order valence-corrected chi connectivity index (χ1v) is 6.68. The van der Waals surface area contributed by atoms with Crippen molar-refractivity contribution in [2.24, 2.45) is 0 Å². The number of hydrogen-bond acceptors (Lipinski definition) is 3. The van der Waals surface area contributed by atoms with Crippen LogP contribution in [0.4, 0.5) is 0 Å². The van der Waals surface area contributed by atoms with Gasteiger partial charge >= 0.3 is 0 Å². The molecule has 2 N–H and O–H groups in total. The van der Waals surface area contributed by atoms with Crippen molar-refractivity contribution >= 4 is 0 Å². The van der Waals surface area contributed by atoms with Crippen molar-refractivity contribution < 1.29 is 14.9 Å². The quantitative estimate of drug-likeness (QED) is 0.819. The van der Waals surface area contributed by atoms with E-state index < -0.39 is 0 Å². The van der Waals surface area contributed by atoms with Gasteiger partial charge in [-0.05, 0) is 49.9 Å². The van der Waals surface area contributed by atoms with Crippen LogP contribution in [0.2, 0.25) is 0 Å². The van der Waals surface area contributed by atoms with Crippen LogP contribution < -0.4 is 0 Å². The Labute approximate surface area is 110 Å². The Hall–Kier alpha value is -1.06. The summed E-state index contributed by atoms with van der Waals surface area (Å²) >= 11 is 0. The molecule has 0 atom stereocenters. The van der Waals surface area contributed by atoms with Crippen LogP contribution in [0.25, 0.3) is 0 Å². The van der Waals surface area contributed by atoms with Crippen molar-refractivity contribution in [1.82, 2.24) is 0 Å². The van der Waals surface area contributed by atoms with E-state index in [1.807, 2.05) is 13.8 Å². The maximum Gasteiger partial charge on any atom is 0.115 e. The SMILES string of the molecule is CCCCc1cc(O)ccc1CO.CCOCC. The highest BCUT2D eigenvalue weighted by Crippen LogP contribution is 2.18. The average molecular weight is 254 g/mol. The molecule has 0 unspecified atom stereocenters. The molecule has 0 bridgehead atoms. The maximum atomic E-state index is 9.25. The molecule has 1 rings (SSSR count). The minimum atomic E-state index is 0.0549. The summed E-state index contributed by atoms with van der Waals surface area (Å²) in [5.74, 6) is 0.281. The molecule has 3 nitrogen and oxygen atoms in total. The number of hydrogen-bond donors (Lipinski definition) is 2. The fraction of sp³-hybridized carbons (Fsp3) is 0.600.